The van der Waals surface area contributed by atoms with E-state index >= 15 is 0 Å². The molecule has 1 fully saturated rings. The number of aliphatic imine (C=N–C) groups is 1. The lowest BCUT2D eigenvalue weighted by Gasteiger charge is -2.35. The van der Waals surface area contributed by atoms with Gasteiger partial charge in [-0.25, -0.2) is 0 Å². The molecule has 0 saturated carbocycles. The second kappa shape index (κ2) is 11.1. The fraction of sp³-hybridized carbons (Fsp3) is 0.400. The van der Waals surface area contributed by atoms with E-state index in [1.165, 1.54) is 17.4 Å². The summed E-state index contributed by atoms with van der Waals surface area (Å²) in [6.07, 6.45) is 1.51. The summed E-state index contributed by atoms with van der Waals surface area (Å²) < 4.78 is 11.1. The molecule has 0 spiro atoms. The van der Waals surface area contributed by atoms with E-state index in [1.54, 1.807) is 19.2 Å². The highest BCUT2D eigenvalue weighted by molar-refractivity contribution is 14.0. The molecular formula is C20H27IN4O3. The number of carbonyl (C=O) groups is 1. The number of hydrogen-bond donors (Lipinski definition) is 2. The number of morpholine rings is 1. The molecule has 0 radical (unpaired) electrons. The standard InChI is InChI=1S/C20H26N4O3.HI/c1-15-6-3-4-7-16(15)18-14-24(11-13-27-18)20(21-2)23-10-9-22-19(25)17-8-5-12-26-17;/h3-8,12,18H,9-11,13-14H2,1-2H3,(H,21,23)(H,22,25);1H. The number of hydrogen-bond acceptors (Lipinski definition) is 4. The quantitative estimate of drug-likeness (QED) is 0.287. The van der Waals surface area contributed by atoms with Gasteiger partial charge < -0.3 is 24.7 Å². The Morgan fingerprint density at radius 2 is 2.00 bits per heavy atom. The number of rotatable bonds is 5. The van der Waals surface area contributed by atoms with Gasteiger partial charge in [-0.3, -0.25) is 9.79 Å². The van der Waals surface area contributed by atoms with Crippen molar-refractivity contribution in [1.29, 1.82) is 0 Å². The monoisotopic (exact) mass is 498 g/mol. The smallest absolute Gasteiger partial charge is 0.287 e. The number of aryl methyl sites for hydroxylation is 1. The van der Waals surface area contributed by atoms with Gasteiger partial charge in [-0.15, -0.1) is 24.0 Å². The van der Waals surface area contributed by atoms with E-state index < -0.39 is 0 Å². The van der Waals surface area contributed by atoms with Crippen LogP contribution in [0.25, 0.3) is 0 Å². The molecule has 3 rings (SSSR count). The topological polar surface area (TPSA) is 79.1 Å². The third-order valence-electron chi connectivity index (χ3n) is 4.55. The number of ether oxygens (including phenoxy) is 1. The van der Waals surface area contributed by atoms with Crippen LogP contribution in [0.1, 0.15) is 27.8 Å². The van der Waals surface area contributed by atoms with Crippen LogP contribution >= 0.6 is 24.0 Å². The maximum Gasteiger partial charge on any atom is 0.287 e. The summed E-state index contributed by atoms with van der Waals surface area (Å²) in [4.78, 5) is 18.4. The molecule has 152 valence electrons. The SMILES string of the molecule is CN=C(NCCNC(=O)c1ccco1)N1CCOC(c2ccccc2C)C1.I. The zero-order valence-electron chi connectivity index (χ0n) is 16.2. The highest BCUT2D eigenvalue weighted by Crippen LogP contribution is 2.24. The van der Waals surface area contributed by atoms with E-state index in [9.17, 15) is 4.79 Å². The largest absolute Gasteiger partial charge is 0.459 e. The summed E-state index contributed by atoms with van der Waals surface area (Å²) in [5, 5.41) is 6.12. The zero-order valence-corrected chi connectivity index (χ0v) is 18.5. The van der Waals surface area contributed by atoms with Gasteiger partial charge in [-0.2, -0.15) is 0 Å². The Morgan fingerprint density at radius 1 is 1.21 bits per heavy atom. The molecule has 2 aromatic rings. The van der Waals surface area contributed by atoms with E-state index in [-0.39, 0.29) is 36.0 Å². The number of halogens is 1. The predicted octanol–water partition coefficient (Wildman–Crippen LogP) is 2.58. The van der Waals surface area contributed by atoms with Gasteiger partial charge in [0.2, 0.25) is 0 Å². The molecular weight excluding hydrogens is 471 g/mol. The van der Waals surface area contributed by atoms with Crippen molar-refractivity contribution in [1.82, 2.24) is 15.5 Å². The van der Waals surface area contributed by atoms with E-state index in [1.807, 2.05) is 12.1 Å². The molecule has 1 aliphatic heterocycles. The Morgan fingerprint density at radius 3 is 2.71 bits per heavy atom. The first kappa shape index (κ1) is 22.2. The molecule has 1 aromatic carbocycles. The lowest BCUT2D eigenvalue weighted by Crippen LogP contribution is -2.49. The van der Waals surface area contributed by atoms with Crippen molar-refractivity contribution in [2.24, 2.45) is 4.99 Å². The molecule has 8 heteroatoms. The number of amides is 1. The number of nitrogens with zero attached hydrogens (tertiary/aromatic N) is 2. The van der Waals surface area contributed by atoms with Gasteiger partial charge in [0, 0.05) is 26.7 Å². The number of furan rings is 1. The molecule has 1 saturated heterocycles. The number of benzene rings is 1. The highest BCUT2D eigenvalue weighted by Gasteiger charge is 2.25. The minimum atomic E-state index is -0.220. The van der Waals surface area contributed by atoms with Gasteiger partial charge in [-0.05, 0) is 30.2 Å². The molecule has 1 amide bonds. The number of guanidine groups is 1. The molecule has 28 heavy (non-hydrogen) atoms. The first-order valence-corrected chi connectivity index (χ1v) is 9.13. The molecule has 7 nitrogen and oxygen atoms in total. The highest BCUT2D eigenvalue weighted by atomic mass is 127. The molecule has 1 aliphatic rings. The van der Waals surface area contributed by atoms with Crippen molar-refractivity contribution in [2.75, 3.05) is 39.8 Å². The van der Waals surface area contributed by atoms with Crippen molar-refractivity contribution < 1.29 is 13.9 Å². The Hall–Kier alpha value is -2.07. The Balaban J connectivity index is 0.00000280. The first-order valence-electron chi connectivity index (χ1n) is 9.13. The van der Waals surface area contributed by atoms with Crippen LogP contribution in [0.3, 0.4) is 0 Å². The molecule has 2 heterocycles. The van der Waals surface area contributed by atoms with Gasteiger partial charge in [0.25, 0.3) is 5.91 Å². The molecule has 1 aromatic heterocycles. The van der Waals surface area contributed by atoms with E-state index in [4.69, 9.17) is 9.15 Å². The average Bonchev–Trinajstić information content (AvgIpc) is 3.23. The third kappa shape index (κ3) is 5.71. The van der Waals surface area contributed by atoms with Crippen LogP contribution in [0.15, 0.2) is 52.1 Å². The predicted molar refractivity (Wildman–Crippen MR) is 119 cm³/mol. The fourth-order valence-electron chi connectivity index (χ4n) is 3.16. The van der Waals surface area contributed by atoms with Gasteiger partial charge in [0.1, 0.15) is 6.10 Å². The van der Waals surface area contributed by atoms with Crippen molar-refractivity contribution in [2.45, 2.75) is 13.0 Å². The summed E-state index contributed by atoms with van der Waals surface area (Å²) in [6.45, 7) is 5.32. The van der Waals surface area contributed by atoms with Crippen molar-refractivity contribution in [3.05, 3.63) is 59.5 Å². The van der Waals surface area contributed by atoms with Gasteiger partial charge >= 0.3 is 0 Å². The van der Waals surface area contributed by atoms with Gasteiger partial charge in [0.15, 0.2) is 11.7 Å². The van der Waals surface area contributed by atoms with Crippen molar-refractivity contribution in [3.8, 4) is 0 Å². The van der Waals surface area contributed by atoms with Gasteiger partial charge in [-0.1, -0.05) is 24.3 Å². The summed E-state index contributed by atoms with van der Waals surface area (Å²) >= 11 is 0. The Bertz CT molecular complexity index is 780. The minimum absolute atomic E-state index is 0. The first-order chi connectivity index (χ1) is 13.2. The van der Waals surface area contributed by atoms with Crippen LogP contribution < -0.4 is 10.6 Å². The second-order valence-electron chi connectivity index (χ2n) is 6.37. The van der Waals surface area contributed by atoms with Crippen LogP contribution in [0.2, 0.25) is 0 Å². The summed E-state index contributed by atoms with van der Waals surface area (Å²) in [6, 6.07) is 11.6. The second-order valence-corrected chi connectivity index (χ2v) is 6.37. The lowest BCUT2D eigenvalue weighted by molar-refractivity contribution is -0.00829. The normalized spacial score (nSPS) is 17.0. The average molecular weight is 498 g/mol. The lowest BCUT2D eigenvalue weighted by atomic mass is 10.0. The molecule has 0 aliphatic carbocycles. The van der Waals surface area contributed by atoms with Crippen molar-refractivity contribution >= 4 is 35.8 Å². The molecule has 1 atom stereocenters. The zero-order chi connectivity index (χ0) is 19.1. The maximum atomic E-state index is 11.9. The molecule has 0 bridgehead atoms. The van der Waals surface area contributed by atoms with Gasteiger partial charge in [0.05, 0.1) is 19.4 Å². The van der Waals surface area contributed by atoms with E-state index in [0.29, 0.717) is 25.5 Å². The Kier molecular flexibility index (Phi) is 8.78. The fourth-order valence-corrected chi connectivity index (χ4v) is 3.16. The number of nitrogens with one attached hydrogen (secondary N) is 2. The van der Waals surface area contributed by atoms with Crippen LogP contribution in [0.4, 0.5) is 0 Å². The maximum absolute atomic E-state index is 11.9. The molecule has 2 N–H and O–H groups in total. The van der Waals surface area contributed by atoms with E-state index in [2.05, 4.69) is 39.6 Å². The molecule has 1 unspecified atom stereocenters. The summed E-state index contributed by atoms with van der Waals surface area (Å²) in [7, 11) is 1.77. The van der Waals surface area contributed by atoms with E-state index in [0.717, 1.165) is 19.0 Å². The Labute approximate surface area is 182 Å². The summed E-state index contributed by atoms with van der Waals surface area (Å²) in [5.74, 6) is 0.903. The number of carbonyl (C=O) groups excluding carboxylic acids is 1. The van der Waals surface area contributed by atoms with Crippen LogP contribution in [0, 0.1) is 6.92 Å². The van der Waals surface area contributed by atoms with Crippen molar-refractivity contribution in [3.63, 3.8) is 0 Å². The van der Waals surface area contributed by atoms with Crippen LogP contribution in [-0.2, 0) is 4.74 Å². The van der Waals surface area contributed by atoms with Crippen LogP contribution in [0.5, 0.6) is 0 Å². The third-order valence-corrected chi connectivity index (χ3v) is 4.55. The van der Waals surface area contributed by atoms with Crippen LogP contribution in [-0.4, -0.2) is 56.6 Å². The summed E-state index contributed by atoms with van der Waals surface area (Å²) in [5.41, 5.74) is 2.44. The minimum Gasteiger partial charge on any atom is -0.459 e.